The van der Waals surface area contributed by atoms with Crippen LogP contribution in [0.4, 0.5) is 0 Å². The van der Waals surface area contributed by atoms with Gasteiger partial charge in [-0.05, 0) is 54.5 Å². The normalized spacial score (nSPS) is 15.1. The summed E-state index contributed by atoms with van der Waals surface area (Å²) in [5.74, 6) is 0.680. The zero-order valence-corrected chi connectivity index (χ0v) is 24.6. The number of tetrazole rings is 1. The molecule has 1 aliphatic heterocycles. The molecule has 224 valence electrons. The van der Waals surface area contributed by atoms with Gasteiger partial charge in [-0.2, -0.15) is 4.80 Å². The van der Waals surface area contributed by atoms with Crippen molar-refractivity contribution in [3.05, 3.63) is 48.5 Å². The number of halogens is 1. The molecular weight excluding hydrogens is 576 g/mol. The number of benzene rings is 2. The van der Waals surface area contributed by atoms with Crippen LogP contribution in [0.3, 0.4) is 0 Å². The van der Waals surface area contributed by atoms with Crippen molar-refractivity contribution in [2.24, 2.45) is 0 Å². The summed E-state index contributed by atoms with van der Waals surface area (Å²) in [4.78, 5) is 16.2. The fourth-order valence-corrected chi connectivity index (χ4v) is 6.65. The zero-order chi connectivity index (χ0) is 28.6. The summed E-state index contributed by atoms with van der Waals surface area (Å²) in [6.45, 7) is 2.72. The summed E-state index contributed by atoms with van der Waals surface area (Å²) >= 11 is 0. The molecule has 0 aliphatic carbocycles. The molecule has 1 aliphatic rings. The Morgan fingerprint density at radius 3 is 2.41 bits per heavy atom. The Morgan fingerprint density at radius 1 is 1.05 bits per heavy atom. The molecule has 2 heterocycles. The minimum absolute atomic E-state index is 0. The van der Waals surface area contributed by atoms with E-state index in [1.54, 1.807) is 31.8 Å². The maximum Gasteiger partial charge on any atom is 0.265 e. The minimum atomic E-state index is -4.10. The number of para-hydroxylation sites is 1. The van der Waals surface area contributed by atoms with Crippen molar-refractivity contribution in [2.45, 2.75) is 35.4 Å². The Bertz CT molecular complexity index is 1380. The van der Waals surface area contributed by atoms with Crippen molar-refractivity contribution in [1.82, 2.24) is 30.6 Å². The number of ether oxygens (including phenoxy) is 3. The number of aromatic nitrogens is 4. The van der Waals surface area contributed by atoms with Gasteiger partial charge in [-0.1, -0.05) is 12.1 Å². The second-order valence-electron chi connectivity index (χ2n) is 9.36. The van der Waals surface area contributed by atoms with E-state index in [9.17, 15) is 18.4 Å². The lowest BCUT2D eigenvalue weighted by Crippen LogP contribution is -2.57. The van der Waals surface area contributed by atoms with Gasteiger partial charge in [0.1, 0.15) is 11.5 Å². The fraction of sp³-hybridized carbons (Fsp3) is 0.462. The number of nitrogens with zero attached hydrogens (tertiary/aromatic N) is 5. The van der Waals surface area contributed by atoms with Crippen molar-refractivity contribution in [1.29, 1.82) is 0 Å². The van der Waals surface area contributed by atoms with Crippen LogP contribution >= 0.6 is 12.4 Å². The number of rotatable bonds is 13. The summed E-state index contributed by atoms with van der Waals surface area (Å²) < 4.78 is 41.7. The number of carbonyl (C=O) groups is 1. The van der Waals surface area contributed by atoms with Crippen LogP contribution in [0, 0.1) is 0 Å². The van der Waals surface area contributed by atoms with Crippen molar-refractivity contribution in [2.75, 3.05) is 47.1 Å². The highest BCUT2D eigenvalue weighted by atomic mass is 35.5. The monoisotopic (exact) mass is 610 g/mol. The number of aryl methyl sites for hydroxylation is 1. The van der Waals surface area contributed by atoms with Crippen LogP contribution in [0.1, 0.15) is 19.3 Å². The highest BCUT2D eigenvalue weighted by Crippen LogP contribution is 2.36. The molecule has 0 spiro atoms. The number of piperidine rings is 1. The van der Waals surface area contributed by atoms with E-state index in [1.807, 2.05) is 29.2 Å². The topological polar surface area (TPSA) is 158 Å². The van der Waals surface area contributed by atoms with Crippen LogP contribution in [0.2, 0.25) is 0 Å². The first-order valence-corrected chi connectivity index (χ1v) is 14.4. The number of amides is 1. The van der Waals surface area contributed by atoms with Crippen molar-refractivity contribution < 1.29 is 32.6 Å². The first-order chi connectivity index (χ1) is 19.3. The van der Waals surface area contributed by atoms with E-state index >= 15 is 0 Å². The Kier molecular flexibility index (Phi) is 11.4. The average Bonchev–Trinajstić information content (AvgIpc) is 3.47. The Morgan fingerprint density at radius 2 is 1.76 bits per heavy atom. The van der Waals surface area contributed by atoms with Crippen molar-refractivity contribution in [3.63, 3.8) is 0 Å². The number of nitrogens with one attached hydrogen (secondary N) is 1. The summed E-state index contributed by atoms with van der Waals surface area (Å²) in [6.07, 6.45) is 0.693. The predicted octanol–water partition coefficient (Wildman–Crippen LogP) is 2.00. The van der Waals surface area contributed by atoms with E-state index in [0.29, 0.717) is 63.1 Å². The Hall–Kier alpha value is -3.30. The first kappa shape index (κ1) is 32.2. The van der Waals surface area contributed by atoms with E-state index in [4.69, 9.17) is 14.2 Å². The Labute approximate surface area is 245 Å². The molecule has 0 atom stereocenters. The van der Waals surface area contributed by atoms with Crippen LogP contribution in [0.15, 0.2) is 53.4 Å². The van der Waals surface area contributed by atoms with Crippen LogP contribution in [0.5, 0.6) is 11.5 Å². The molecule has 0 bridgehead atoms. The quantitative estimate of drug-likeness (QED) is 0.166. The van der Waals surface area contributed by atoms with Crippen LogP contribution in [0.25, 0.3) is 11.4 Å². The van der Waals surface area contributed by atoms with Gasteiger partial charge in [0.05, 0.1) is 37.3 Å². The molecule has 1 aromatic heterocycles. The molecule has 1 fully saturated rings. The number of methoxy groups -OCH3 is 2. The predicted molar refractivity (Wildman–Crippen MR) is 151 cm³/mol. The summed E-state index contributed by atoms with van der Waals surface area (Å²) in [5.41, 5.74) is 2.32. The molecule has 4 rings (SSSR count). The average molecular weight is 611 g/mol. The van der Waals surface area contributed by atoms with Crippen LogP contribution < -0.4 is 15.0 Å². The third kappa shape index (κ3) is 7.13. The van der Waals surface area contributed by atoms with Crippen molar-refractivity contribution >= 4 is 28.2 Å². The molecule has 1 saturated heterocycles. The zero-order valence-electron chi connectivity index (χ0n) is 22.9. The molecular formula is C26H35ClN6O7S. The molecule has 2 N–H and O–H groups in total. The molecule has 0 unspecified atom stereocenters. The fourth-order valence-electron chi connectivity index (χ4n) is 4.69. The summed E-state index contributed by atoms with van der Waals surface area (Å²) in [5, 5.41) is 21.9. The SMILES string of the molecule is COCCN1CCC(C(=O)NO)(S(=O)(=O)c2ccc(OCCCn3nnc(-c4ccccc4OC)n3)cc2)CC1.Cl. The Balaban J connectivity index is 0.00000462. The van der Waals surface area contributed by atoms with E-state index in [-0.39, 0.29) is 30.1 Å². The van der Waals surface area contributed by atoms with Gasteiger partial charge < -0.3 is 19.1 Å². The van der Waals surface area contributed by atoms with E-state index in [1.165, 1.54) is 16.9 Å². The first-order valence-electron chi connectivity index (χ1n) is 12.9. The standard InChI is InChI=1S/C26H34N6O7S.ClH/c1-37-19-17-31-15-12-26(13-16-31,25(33)29-34)40(35,36)21-10-8-20(9-11-21)39-18-5-14-32-28-24(27-30-32)22-6-3-4-7-23(22)38-2;/h3-4,6-11,34H,5,12-19H2,1-2H3,(H,29,33);1H. The largest absolute Gasteiger partial charge is 0.496 e. The van der Waals surface area contributed by atoms with Crippen LogP contribution in [-0.2, 0) is 25.9 Å². The summed E-state index contributed by atoms with van der Waals surface area (Å²) in [7, 11) is -0.924. The van der Waals surface area contributed by atoms with E-state index in [0.717, 1.165) is 5.56 Å². The van der Waals surface area contributed by atoms with Crippen molar-refractivity contribution in [3.8, 4) is 22.9 Å². The molecule has 0 radical (unpaired) electrons. The van der Waals surface area contributed by atoms with Crippen LogP contribution in [-0.4, -0.2) is 96.5 Å². The second kappa shape index (κ2) is 14.5. The minimum Gasteiger partial charge on any atom is -0.496 e. The van der Waals surface area contributed by atoms with Gasteiger partial charge >= 0.3 is 0 Å². The number of carbonyl (C=O) groups excluding carboxylic acids is 1. The molecule has 15 heteroatoms. The summed E-state index contributed by atoms with van der Waals surface area (Å²) in [6, 6.07) is 13.4. The highest BCUT2D eigenvalue weighted by Gasteiger charge is 2.52. The number of hydrogen-bond acceptors (Lipinski definition) is 11. The van der Waals surface area contributed by atoms with Gasteiger partial charge in [0, 0.05) is 33.2 Å². The molecule has 13 nitrogen and oxygen atoms in total. The second-order valence-corrected chi connectivity index (χ2v) is 11.6. The molecule has 1 amide bonds. The maximum absolute atomic E-state index is 13.6. The van der Waals surface area contributed by atoms with Gasteiger partial charge in [0.15, 0.2) is 14.6 Å². The molecule has 0 saturated carbocycles. The number of sulfone groups is 1. The lowest BCUT2D eigenvalue weighted by atomic mass is 9.95. The van der Waals surface area contributed by atoms with Gasteiger partial charge in [-0.15, -0.1) is 22.6 Å². The number of hydrogen-bond donors (Lipinski definition) is 2. The lowest BCUT2D eigenvalue weighted by Gasteiger charge is -2.39. The third-order valence-corrected chi connectivity index (χ3v) is 9.53. The maximum atomic E-state index is 13.6. The highest BCUT2D eigenvalue weighted by molar-refractivity contribution is 7.93. The third-order valence-electron chi connectivity index (χ3n) is 7.01. The van der Waals surface area contributed by atoms with Gasteiger partial charge in [0.2, 0.25) is 5.82 Å². The van der Waals surface area contributed by atoms with Gasteiger partial charge in [0.25, 0.3) is 5.91 Å². The smallest absolute Gasteiger partial charge is 0.265 e. The van der Waals surface area contributed by atoms with E-state index in [2.05, 4.69) is 15.4 Å². The number of likely N-dealkylation sites (tertiary alicyclic amines) is 1. The number of hydroxylamine groups is 1. The van der Waals surface area contributed by atoms with Gasteiger partial charge in [-0.25, -0.2) is 13.9 Å². The van der Waals surface area contributed by atoms with Gasteiger partial charge in [-0.3, -0.25) is 10.0 Å². The molecule has 2 aromatic carbocycles. The van der Waals surface area contributed by atoms with E-state index < -0.39 is 20.5 Å². The molecule has 41 heavy (non-hydrogen) atoms. The lowest BCUT2D eigenvalue weighted by molar-refractivity contribution is -0.133. The molecule has 3 aromatic rings.